The molecule has 0 radical (unpaired) electrons. The van der Waals surface area contributed by atoms with Crippen LogP contribution in [0.25, 0.3) is 0 Å². The minimum Gasteiger partial charge on any atom is -0.375 e. The van der Waals surface area contributed by atoms with Crippen molar-refractivity contribution in [3.05, 3.63) is 0 Å². The fourth-order valence-electron chi connectivity index (χ4n) is 1.63. The van der Waals surface area contributed by atoms with E-state index in [-0.39, 0.29) is 17.3 Å². The summed E-state index contributed by atoms with van der Waals surface area (Å²) in [6, 6.07) is 0. The Morgan fingerprint density at radius 3 is 2.05 bits per heavy atom. The first-order chi connectivity index (χ1) is 9.18. The molecule has 0 spiro atoms. The molecule has 122 valence electrons. The number of ether oxygens (including phenoxy) is 2. The number of nitrogens with one attached hydrogen (secondary N) is 1. The highest BCUT2D eigenvalue weighted by molar-refractivity contribution is 4.72. The van der Waals surface area contributed by atoms with Crippen LogP contribution in [0.3, 0.4) is 0 Å². The minimum atomic E-state index is -0.186. The summed E-state index contributed by atoms with van der Waals surface area (Å²) in [5.41, 5.74) is 8.05. The van der Waals surface area contributed by atoms with Gasteiger partial charge in [-0.3, -0.25) is 4.84 Å². The number of hydroxylamine groups is 1. The quantitative estimate of drug-likeness (QED) is 0.426. The average Bonchev–Trinajstić information content (AvgIpc) is 2.31. The monoisotopic (exact) mass is 290 g/mol. The highest BCUT2D eigenvalue weighted by Crippen LogP contribution is 2.19. The van der Waals surface area contributed by atoms with Crippen molar-refractivity contribution >= 4 is 0 Å². The molecule has 0 saturated carbocycles. The van der Waals surface area contributed by atoms with Crippen LogP contribution in [0, 0.1) is 0 Å². The second-order valence-electron chi connectivity index (χ2n) is 6.57. The summed E-state index contributed by atoms with van der Waals surface area (Å²) in [6.07, 6.45) is 1.94. The summed E-state index contributed by atoms with van der Waals surface area (Å²) >= 11 is 0. The number of hydrogen-bond donors (Lipinski definition) is 2. The van der Waals surface area contributed by atoms with E-state index in [1.54, 1.807) is 0 Å². The van der Waals surface area contributed by atoms with Crippen LogP contribution in [0.15, 0.2) is 0 Å². The van der Waals surface area contributed by atoms with Gasteiger partial charge in [-0.25, -0.2) is 5.48 Å². The van der Waals surface area contributed by atoms with Gasteiger partial charge in [0.2, 0.25) is 0 Å². The molecule has 0 aromatic heterocycles. The first-order valence-electron chi connectivity index (χ1n) is 7.55. The van der Waals surface area contributed by atoms with E-state index in [2.05, 4.69) is 33.2 Å². The van der Waals surface area contributed by atoms with Crippen molar-refractivity contribution in [2.75, 3.05) is 26.3 Å². The van der Waals surface area contributed by atoms with Crippen LogP contribution in [0.5, 0.6) is 0 Å². The van der Waals surface area contributed by atoms with Crippen molar-refractivity contribution in [3.8, 4) is 0 Å². The van der Waals surface area contributed by atoms with E-state index in [9.17, 15) is 0 Å². The maximum Gasteiger partial charge on any atom is 0.0734 e. The van der Waals surface area contributed by atoms with Gasteiger partial charge in [0, 0.05) is 13.1 Å². The van der Waals surface area contributed by atoms with E-state index in [4.69, 9.17) is 20.0 Å². The standard InChI is InChI=1S/C15H34N2O3/c1-13(2)20-17-10-7-14(3,4)18-11-8-15(5,6)19-12-9-16/h13,17H,7-12,16H2,1-6H3. The molecule has 5 nitrogen and oxygen atoms in total. The third-order valence-electron chi connectivity index (χ3n) is 2.96. The van der Waals surface area contributed by atoms with Crippen LogP contribution < -0.4 is 11.2 Å². The molecule has 0 aliphatic rings. The van der Waals surface area contributed by atoms with Gasteiger partial charge in [-0.2, -0.15) is 0 Å². The Morgan fingerprint density at radius 1 is 0.950 bits per heavy atom. The fraction of sp³-hybridized carbons (Fsp3) is 1.00. The van der Waals surface area contributed by atoms with Gasteiger partial charge < -0.3 is 15.2 Å². The lowest BCUT2D eigenvalue weighted by atomic mass is 10.0. The third-order valence-corrected chi connectivity index (χ3v) is 2.96. The van der Waals surface area contributed by atoms with Crippen LogP contribution in [0.2, 0.25) is 0 Å². The Bertz CT molecular complexity index is 243. The summed E-state index contributed by atoms with van der Waals surface area (Å²) in [4.78, 5) is 5.30. The SMILES string of the molecule is CC(C)ONCCC(C)(C)OCCC(C)(C)OCCN. The highest BCUT2D eigenvalue weighted by atomic mass is 16.7. The Kier molecular flexibility index (Phi) is 9.59. The Morgan fingerprint density at radius 2 is 1.50 bits per heavy atom. The number of hydrogen-bond acceptors (Lipinski definition) is 5. The molecule has 0 heterocycles. The van der Waals surface area contributed by atoms with Gasteiger partial charge in [0.25, 0.3) is 0 Å². The molecule has 0 bridgehead atoms. The molecule has 0 unspecified atom stereocenters. The molecule has 0 aliphatic heterocycles. The van der Waals surface area contributed by atoms with Crippen LogP contribution in [0.4, 0.5) is 0 Å². The second kappa shape index (κ2) is 9.68. The molecule has 5 heteroatoms. The van der Waals surface area contributed by atoms with Gasteiger partial charge >= 0.3 is 0 Å². The van der Waals surface area contributed by atoms with E-state index >= 15 is 0 Å². The molecule has 0 rings (SSSR count). The molecule has 0 saturated heterocycles. The molecule has 0 aromatic rings. The molecule has 0 aromatic carbocycles. The number of rotatable bonds is 12. The Labute approximate surface area is 124 Å². The zero-order chi connectivity index (χ0) is 15.6. The normalized spacial score (nSPS) is 13.2. The number of nitrogens with two attached hydrogens (primary N) is 1. The maximum absolute atomic E-state index is 5.95. The summed E-state index contributed by atoms with van der Waals surface area (Å²) in [6.45, 7) is 14.9. The van der Waals surface area contributed by atoms with Crippen molar-refractivity contribution in [1.29, 1.82) is 0 Å². The lowest BCUT2D eigenvalue weighted by Crippen LogP contribution is -2.34. The van der Waals surface area contributed by atoms with Crippen LogP contribution in [-0.4, -0.2) is 43.6 Å². The van der Waals surface area contributed by atoms with Gasteiger partial charge in [0.05, 0.1) is 30.5 Å². The van der Waals surface area contributed by atoms with E-state index in [1.165, 1.54) is 0 Å². The summed E-state index contributed by atoms with van der Waals surface area (Å²) < 4.78 is 11.6. The smallest absolute Gasteiger partial charge is 0.0734 e. The van der Waals surface area contributed by atoms with Crippen LogP contribution in [0.1, 0.15) is 54.4 Å². The van der Waals surface area contributed by atoms with E-state index in [0.717, 1.165) is 19.4 Å². The Balaban J connectivity index is 3.80. The first kappa shape index (κ1) is 19.8. The molecule has 0 fully saturated rings. The van der Waals surface area contributed by atoms with E-state index < -0.39 is 0 Å². The predicted octanol–water partition coefficient (Wildman–Crippen LogP) is 2.25. The average molecular weight is 290 g/mol. The zero-order valence-corrected chi connectivity index (χ0v) is 14.1. The molecule has 3 N–H and O–H groups in total. The highest BCUT2D eigenvalue weighted by Gasteiger charge is 2.22. The largest absolute Gasteiger partial charge is 0.375 e. The van der Waals surface area contributed by atoms with Crippen molar-refractivity contribution in [2.45, 2.75) is 71.7 Å². The van der Waals surface area contributed by atoms with Gasteiger partial charge in [-0.05, 0) is 54.4 Å². The topological polar surface area (TPSA) is 65.7 Å². The van der Waals surface area contributed by atoms with Gasteiger partial charge in [-0.1, -0.05) is 0 Å². The van der Waals surface area contributed by atoms with E-state index in [0.29, 0.717) is 19.8 Å². The summed E-state index contributed by atoms with van der Waals surface area (Å²) in [5, 5.41) is 0. The molecule has 0 amide bonds. The zero-order valence-electron chi connectivity index (χ0n) is 14.1. The maximum atomic E-state index is 5.95. The van der Waals surface area contributed by atoms with Crippen molar-refractivity contribution < 1.29 is 14.3 Å². The summed E-state index contributed by atoms with van der Waals surface area (Å²) in [7, 11) is 0. The lowest BCUT2D eigenvalue weighted by Gasteiger charge is -2.29. The van der Waals surface area contributed by atoms with Crippen LogP contribution >= 0.6 is 0 Å². The van der Waals surface area contributed by atoms with Gasteiger partial charge in [0.15, 0.2) is 0 Å². The molecule has 0 atom stereocenters. The molecular formula is C15H34N2O3. The molecular weight excluding hydrogens is 256 g/mol. The predicted molar refractivity (Wildman–Crippen MR) is 82.6 cm³/mol. The van der Waals surface area contributed by atoms with Gasteiger partial charge in [-0.15, -0.1) is 0 Å². The second-order valence-corrected chi connectivity index (χ2v) is 6.57. The van der Waals surface area contributed by atoms with Gasteiger partial charge in [0.1, 0.15) is 0 Å². The van der Waals surface area contributed by atoms with E-state index in [1.807, 2.05) is 13.8 Å². The summed E-state index contributed by atoms with van der Waals surface area (Å²) in [5.74, 6) is 0. The Hall–Kier alpha value is -0.200. The third kappa shape index (κ3) is 11.6. The molecule has 20 heavy (non-hydrogen) atoms. The fourth-order valence-corrected chi connectivity index (χ4v) is 1.63. The first-order valence-corrected chi connectivity index (χ1v) is 7.55. The minimum absolute atomic E-state index is 0.169. The van der Waals surface area contributed by atoms with Crippen molar-refractivity contribution in [3.63, 3.8) is 0 Å². The molecule has 0 aliphatic carbocycles. The van der Waals surface area contributed by atoms with Crippen molar-refractivity contribution in [1.82, 2.24) is 5.48 Å². The van der Waals surface area contributed by atoms with Crippen LogP contribution in [-0.2, 0) is 14.3 Å². The van der Waals surface area contributed by atoms with Crippen molar-refractivity contribution in [2.24, 2.45) is 5.73 Å². The lowest BCUT2D eigenvalue weighted by molar-refractivity contribution is -0.0786.